The van der Waals surface area contributed by atoms with Crippen LogP contribution in [-0.2, 0) is 0 Å². The van der Waals surface area contributed by atoms with Crippen molar-refractivity contribution in [2.75, 3.05) is 14.2 Å². The van der Waals surface area contributed by atoms with Gasteiger partial charge in [0, 0.05) is 16.2 Å². The van der Waals surface area contributed by atoms with Gasteiger partial charge >= 0.3 is 5.97 Å². The van der Waals surface area contributed by atoms with Gasteiger partial charge in [0.2, 0.25) is 0 Å². The Morgan fingerprint density at radius 1 is 1.07 bits per heavy atom. The van der Waals surface area contributed by atoms with Crippen molar-refractivity contribution in [1.82, 2.24) is 0 Å². The summed E-state index contributed by atoms with van der Waals surface area (Å²) in [5.41, 5.74) is 0.302. The third-order valence-electron chi connectivity index (χ3n) is 5.53. The van der Waals surface area contributed by atoms with E-state index in [1.807, 2.05) is 12.1 Å². The van der Waals surface area contributed by atoms with Crippen LogP contribution in [0.15, 0.2) is 12.1 Å². The zero-order valence-electron chi connectivity index (χ0n) is 16.6. The minimum Gasteiger partial charge on any atom is -0.493 e. The molecule has 0 radical (unpaired) electrons. The Morgan fingerprint density at radius 3 is 2.19 bits per heavy atom. The third-order valence-corrected chi connectivity index (χ3v) is 6.65. The molecule has 5 nitrogen and oxygen atoms in total. The molecule has 2 aromatic rings. The van der Waals surface area contributed by atoms with Gasteiger partial charge in [-0.3, -0.25) is 0 Å². The lowest BCUT2D eigenvalue weighted by Crippen LogP contribution is -2.30. The van der Waals surface area contributed by atoms with E-state index in [-0.39, 0.29) is 11.0 Å². The molecule has 0 aliphatic heterocycles. The molecule has 148 valence electrons. The van der Waals surface area contributed by atoms with Crippen LogP contribution in [0.5, 0.6) is 17.2 Å². The minimum absolute atomic E-state index is 0.0487. The molecule has 0 atom stereocenters. The molecular formula is C21H28O5S. The second-order valence-electron chi connectivity index (χ2n) is 8.23. The molecule has 1 aliphatic carbocycles. The number of carbonyl (C=O) groups is 1. The van der Waals surface area contributed by atoms with E-state index >= 15 is 0 Å². The molecule has 1 fully saturated rings. The summed E-state index contributed by atoms with van der Waals surface area (Å²) in [5, 5.41) is 10.4. The number of hydrogen-bond donors (Lipinski definition) is 1. The Bertz CT molecular complexity index is 825. The first kappa shape index (κ1) is 19.8. The molecule has 0 amide bonds. The lowest BCUT2D eigenvalue weighted by Gasteiger charge is -2.36. The van der Waals surface area contributed by atoms with E-state index in [0.29, 0.717) is 28.6 Å². The van der Waals surface area contributed by atoms with E-state index in [9.17, 15) is 9.90 Å². The van der Waals surface area contributed by atoms with E-state index in [0.717, 1.165) is 35.8 Å². The molecule has 1 aromatic heterocycles. The van der Waals surface area contributed by atoms with E-state index in [1.54, 1.807) is 14.2 Å². The standard InChI is InChI=1S/C21H28O5S/c1-21(2,3)12-6-8-13(9-7-12)26-18-14-10-15(24-4)16(25-5)11-17(14)27-19(18)20(22)23/h10-13H,6-9H2,1-5H3,(H,22,23). The average molecular weight is 393 g/mol. The number of ether oxygens (including phenoxy) is 3. The molecule has 0 bridgehead atoms. The molecule has 1 aromatic carbocycles. The molecule has 0 unspecified atom stereocenters. The summed E-state index contributed by atoms with van der Waals surface area (Å²) in [4.78, 5) is 12.0. The summed E-state index contributed by atoms with van der Waals surface area (Å²) >= 11 is 1.21. The van der Waals surface area contributed by atoms with Crippen LogP contribution in [0, 0.1) is 11.3 Å². The number of methoxy groups -OCH3 is 2. The van der Waals surface area contributed by atoms with Crippen LogP contribution in [0.25, 0.3) is 10.1 Å². The van der Waals surface area contributed by atoms with Crippen LogP contribution in [0.2, 0.25) is 0 Å². The minimum atomic E-state index is -0.965. The van der Waals surface area contributed by atoms with Crippen LogP contribution in [0.3, 0.4) is 0 Å². The van der Waals surface area contributed by atoms with E-state index < -0.39 is 5.97 Å². The molecule has 1 N–H and O–H groups in total. The van der Waals surface area contributed by atoms with Crippen molar-refractivity contribution in [1.29, 1.82) is 0 Å². The highest BCUT2D eigenvalue weighted by Gasteiger charge is 2.32. The predicted octanol–water partition coefficient (Wildman–Crippen LogP) is 5.60. The lowest BCUT2D eigenvalue weighted by atomic mass is 9.72. The molecule has 0 spiro atoms. The highest BCUT2D eigenvalue weighted by Crippen LogP contribution is 2.45. The Kier molecular flexibility index (Phi) is 5.56. The fourth-order valence-electron chi connectivity index (χ4n) is 3.87. The summed E-state index contributed by atoms with van der Waals surface area (Å²) in [7, 11) is 3.14. The first-order valence-electron chi connectivity index (χ1n) is 9.33. The van der Waals surface area contributed by atoms with E-state index in [2.05, 4.69) is 20.8 Å². The average Bonchev–Trinajstić information content (AvgIpc) is 2.98. The van der Waals surface area contributed by atoms with E-state index in [4.69, 9.17) is 14.2 Å². The summed E-state index contributed by atoms with van der Waals surface area (Å²) < 4.78 is 17.8. The van der Waals surface area contributed by atoms with Gasteiger partial charge in [-0.1, -0.05) is 20.8 Å². The van der Waals surface area contributed by atoms with Gasteiger partial charge in [-0.15, -0.1) is 11.3 Å². The van der Waals surface area contributed by atoms with Gasteiger partial charge < -0.3 is 19.3 Å². The Balaban J connectivity index is 1.91. The first-order valence-corrected chi connectivity index (χ1v) is 10.1. The summed E-state index contributed by atoms with van der Waals surface area (Å²) in [6.45, 7) is 6.86. The summed E-state index contributed by atoms with van der Waals surface area (Å²) in [6, 6.07) is 3.63. The van der Waals surface area contributed by atoms with Crippen LogP contribution in [-0.4, -0.2) is 31.4 Å². The molecule has 0 saturated heterocycles. The number of aromatic carboxylic acids is 1. The van der Waals surface area contributed by atoms with Gasteiger partial charge in [0.1, 0.15) is 0 Å². The lowest BCUT2D eigenvalue weighted by molar-refractivity contribution is 0.0681. The Hall–Kier alpha value is -1.95. The third kappa shape index (κ3) is 4.00. The van der Waals surface area contributed by atoms with Crippen molar-refractivity contribution in [2.24, 2.45) is 11.3 Å². The van der Waals surface area contributed by atoms with Gasteiger partial charge in [-0.05, 0) is 43.1 Å². The quantitative estimate of drug-likeness (QED) is 0.717. The van der Waals surface area contributed by atoms with Crippen LogP contribution in [0.1, 0.15) is 56.1 Å². The predicted molar refractivity (Wildman–Crippen MR) is 108 cm³/mol. The van der Waals surface area contributed by atoms with Crippen molar-refractivity contribution < 1.29 is 24.1 Å². The van der Waals surface area contributed by atoms with Crippen molar-refractivity contribution in [2.45, 2.75) is 52.6 Å². The summed E-state index contributed by atoms with van der Waals surface area (Å²) in [6.07, 6.45) is 4.16. The second-order valence-corrected chi connectivity index (χ2v) is 9.28. The maximum absolute atomic E-state index is 11.8. The van der Waals surface area contributed by atoms with Gasteiger partial charge in [0.15, 0.2) is 22.1 Å². The SMILES string of the molecule is COc1cc2sc(C(=O)O)c(OC3CCC(C(C)(C)C)CC3)c2cc1OC. The number of rotatable bonds is 5. The maximum Gasteiger partial charge on any atom is 0.349 e. The number of fused-ring (bicyclic) bond motifs is 1. The number of hydrogen-bond acceptors (Lipinski definition) is 5. The molecule has 1 saturated carbocycles. The highest BCUT2D eigenvalue weighted by molar-refractivity contribution is 7.21. The topological polar surface area (TPSA) is 65.0 Å². The monoisotopic (exact) mass is 392 g/mol. The first-order chi connectivity index (χ1) is 12.7. The van der Waals surface area contributed by atoms with E-state index in [1.165, 1.54) is 11.3 Å². The smallest absolute Gasteiger partial charge is 0.349 e. The maximum atomic E-state index is 11.8. The van der Waals surface area contributed by atoms with Crippen molar-refractivity contribution in [3.05, 3.63) is 17.0 Å². The molecular weight excluding hydrogens is 364 g/mol. The number of carboxylic acids is 1. The van der Waals surface area contributed by atoms with Crippen LogP contribution < -0.4 is 14.2 Å². The van der Waals surface area contributed by atoms with Crippen molar-refractivity contribution in [3.8, 4) is 17.2 Å². The number of thiophene rings is 1. The Morgan fingerprint density at radius 2 is 1.67 bits per heavy atom. The molecule has 3 rings (SSSR count). The van der Waals surface area contributed by atoms with Gasteiger partial charge in [0.25, 0.3) is 0 Å². The van der Waals surface area contributed by atoms with Gasteiger partial charge in [-0.2, -0.15) is 0 Å². The summed E-state index contributed by atoms with van der Waals surface area (Å²) in [5.74, 6) is 1.33. The van der Waals surface area contributed by atoms with Crippen molar-refractivity contribution >= 4 is 27.4 Å². The van der Waals surface area contributed by atoms with Gasteiger partial charge in [0.05, 0.1) is 20.3 Å². The number of carboxylic acid groups (broad SMARTS) is 1. The second kappa shape index (κ2) is 7.58. The molecule has 1 heterocycles. The fraction of sp³-hybridized carbons (Fsp3) is 0.571. The van der Waals surface area contributed by atoms with Gasteiger partial charge in [-0.25, -0.2) is 4.79 Å². The Labute approximate surface area is 164 Å². The number of benzene rings is 1. The zero-order valence-corrected chi connectivity index (χ0v) is 17.4. The molecule has 6 heteroatoms. The van der Waals surface area contributed by atoms with Crippen molar-refractivity contribution in [3.63, 3.8) is 0 Å². The normalized spacial score (nSPS) is 20.5. The molecule has 27 heavy (non-hydrogen) atoms. The van der Waals surface area contributed by atoms with Crippen LogP contribution >= 0.6 is 11.3 Å². The van der Waals surface area contributed by atoms with Crippen LogP contribution in [0.4, 0.5) is 0 Å². The zero-order chi connectivity index (χ0) is 19.8. The fourth-order valence-corrected chi connectivity index (χ4v) is 4.86. The highest BCUT2D eigenvalue weighted by atomic mass is 32.1. The molecule has 1 aliphatic rings. The largest absolute Gasteiger partial charge is 0.493 e.